The van der Waals surface area contributed by atoms with Crippen molar-refractivity contribution in [1.29, 1.82) is 0 Å². The number of nitrogens with two attached hydrogens (primary N) is 1. The molecule has 0 spiro atoms. The van der Waals surface area contributed by atoms with Crippen molar-refractivity contribution in [3.05, 3.63) is 17.5 Å². The fraction of sp³-hybridized carbons (Fsp3) is 0.692. The van der Waals surface area contributed by atoms with Crippen molar-refractivity contribution in [2.45, 2.75) is 51.5 Å². The minimum absolute atomic E-state index is 0.0342. The molecule has 5 heteroatoms. The van der Waals surface area contributed by atoms with Gasteiger partial charge in [0.05, 0.1) is 12.1 Å². The van der Waals surface area contributed by atoms with Crippen LogP contribution in [0.2, 0.25) is 0 Å². The van der Waals surface area contributed by atoms with Gasteiger partial charge in [-0.1, -0.05) is 20.8 Å². The lowest BCUT2D eigenvalue weighted by atomic mass is 9.82. The van der Waals surface area contributed by atoms with Gasteiger partial charge in [0.15, 0.2) is 0 Å². The van der Waals surface area contributed by atoms with E-state index in [9.17, 15) is 4.79 Å². The number of carbonyl (C=O) groups is 1. The summed E-state index contributed by atoms with van der Waals surface area (Å²) in [6.45, 7) is 8.04. The maximum Gasteiger partial charge on any atom is 0.304 e. The standard InChI is InChI=1S/C13H23N3O2/c1-8(14)9(6-11(17)18)10-7-16(5)15-12(10)13(2,3)4/h7-9H,6,14H2,1-5H3,(H,17,18). The van der Waals surface area contributed by atoms with Crippen molar-refractivity contribution in [1.82, 2.24) is 9.78 Å². The fourth-order valence-electron chi connectivity index (χ4n) is 2.13. The summed E-state index contributed by atoms with van der Waals surface area (Å²) in [6, 6.07) is -0.216. The Morgan fingerprint density at radius 3 is 2.50 bits per heavy atom. The zero-order chi connectivity index (χ0) is 14.1. The molecular formula is C13H23N3O2. The van der Waals surface area contributed by atoms with Crippen LogP contribution in [0.4, 0.5) is 0 Å². The average Bonchev–Trinajstić information content (AvgIpc) is 2.55. The van der Waals surface area contributed by atoms with E-state index in [2.05, 4.69) is 25.9 Å². The normalized spacial score (nSPS) is 15.4. The van der Waals surface area contributed by atoms with Crippen LogP contribution in [0.5, 0.6) is 0 Å². The molecule has 1 aromatic heterocycles. The van der Waals surface area contributed by atoms with E-state index in [0.29, 0.717) is 0 Å². The third-order valence-corrected chi connectivity index (χ3v) is 3.00. The number of rotatable bonds is 4. The van der Waals surface area contributed by atoms with Gasteiger partial charge in [0.25, 0.3) is 0 Å². The largest absolute Gasteiger partial charge is 0.481 e. The summed E-state index contributed by atoms with van der Waals surface area (Å²) < 4.78 is 1.73. The molecule has 3 N–H and O–H groups in total. The Labute approximate surface area is 108 Å². The highest BCUT2D eigenvalue weighted by atomic mass is 16.4. The van der Waals surface area contributed by atoms with Crippen molar-refractivity contribution in [3.8, 4) is 0 Å². The van der Waals surface area contributed by atoms with Crippen LogP contribution < -0.4 is 5.73 Å². The monoisotopic (exact) mass is 253 g/mol. The maximum absolute atomic E-state index is 11.0. The van der Waals surface area contributed by atoms with Crippen molar-refractivity contribution in [2.24, 2.45) is 12.8 Å². The fourth-order valence-corrected chi connectivity index (χ4v) is 2.13. The zero-order valence-electron chi connectivity index (χ0n) is 11.8. The second-order valence-corrected chi connectivity index (χ2v) is 5.92. The lowest BCUT2D eigenvalue weighted by Gasteiger charge is -2.24. The third kappa shape index (κ3) is 3.32. The molecule has 1 rings (SSSR count). The van der Waals surface area contributed by atoms with Crippen LogP contribution in [-0.4, -0.2) is 26.9 Å². The number of nitrogens with zero attached hydrogens (tertiary/aromatic N) is 2. The van der Waals surface area contributed by atoms with Gasteiger partial charge in [-0.2, -0.15) is 5.10 Å². The van der Waals surface area contributed by atoms with Crippen LogP contribution in [0.25, 0.3) is 0 Å². The van der Waals surface area contributed by atoms with Gasteiger partial charge in [-0.25, -0.2) is 0 Å². The lowest BCUT2D eigenvalue weighted by molar-refractivity contribution is -0.137. The molecule has 0 radical (unpaired) electrons. The van der Waals surface area contributed by atoms with Crippen LogP contribution >= 0.6 is 0 Å². The van der Waals surface area contributed by atoms with Gasteiger partial charge in [-0.3, -0.25) is 9.48 Å². The first-order valence-corrected chi connectivity index (χ1v) is 6.14. The molecular weight excluding hydrogens is 230 g/mol. The first-order chi connectivity index (χ1) is 8.12. The summed E-state index contributed by atoms with van der Waals surface area (Å²) in [5.41, 5.74) is 7.69. The molecule has 0 fully saturated rings. The summed E-state index contributed by atoms with van der Waals surface area (Å²) in [4.78, 5) is 11.0. The number of carboxylic acids is 1. The molecule has 2 unspecified atom stereocenters. The van der Waals surface area contributed by atoms with Crippen LogP contribution in [0.15, 0.2) is 6.20 Å². The van der Waals surface area contributed by atoms with Gasteiger partial charge in [0, 0.05) is 30.6 Å². The zero-order valence-corrected chi connectivity index (χ0v) is 11.8. The molecule has 0 saturated carbocycles. The first kappa shape index (κ1) is 14.7. The van der Waals surface area contributed by atoms with E-state index < -0.39 is 5.97 Å². The van der Waals surface area contributed by atoms with Crippen LogP contribution in [0.1, 0.15) is 51.3 Å². The van der Waals surface area contributed by atoms with Crippen molar-refractivity contribution in [3.63, 3.8) is 0 Å². The Morgan fingerprint density at radius 2 is 2.11 bits per heavy atom. The van der Waals surface area contributed by atoms with E-state index in [-0.39, 0.29) is 23.8 Å². The van der Waals surface area contributed by atoms with E-state index in [1.807, 2.05) is 20.2 Å². The second kappa shape index (κ2) is 5.10. The molecule has 102 valence electrons. The van der Waals surface area contributed by atoms with Crippen molar-refractivity contribution in [2.75, 3.05) is 0 Å². The van der Waals surface area contributed by atoms with Gasteiger partial charge < -0.3 is 10.8 Å². The quantitative estimate of drug-likeness (QED) is 0.854. The molecule has 0 aliphatic rings. The van der Waals surface area contributed by atoms with Crippen LogP contribution in [0, 0.1) is 0 Å². The predicted molar refractivity (Wildman–Crippen MR) is 70.6 cm³/mol. The molecule has 2 atom stereocenters. The van der Waals surface area contributed by atoms with E-state index in [1.165, 1.54) is 0 Å². The van der Waals surface area contributed by atoms with Crippen LogP contribution in [-0.2, 0) is 17.3 Å². The number of aliphatic carboxylic acids is 1. The minimum Gasteiger partial charge on any atom is -0.481 e. The Bertz CT molecular complexity index is 430. The van der Waals surface area contributed by atoms with Gasteiger partial charge in [0.1, 0.15) is 0 Å². The highest BCUT2D eigenvalue weighted by molar-refractivity contribution is 5.68. The smallest absolute Gasteiger partial charge is 0.304 e. The highest BCUT2D eigenvalue weighted by Crippen LogP contribution is 2.32. The molecule has 5 nitrogen and oxygen atoms in total. The van der Waals surface area contributed by atoms with Crippen molar-refractivity contribution >= 4 is 5.97 Å². The average molecular weight is 253 g/mol. The number of hydrogen-bond donors (Lipinski definition) is 2. The summed E-state index contributed by atoms with van der Waals surface area (Å²) >= 11 is 0. The lowest BCUT2D eigenvalue weighted by Crippen LogP contribution is -2.29. The molecule has 0 aromatic carbocycles. The topological polar surface area (TPSA) is 81.1 Å². The Balaban J connectivity index is 3.23. The molecule has 0 aliphatic heterocycles. The minimum atomic E-state index is -0.832. The van der Waals surface area contributed by atoms with Gasteiger partial charge in [-0.05, 0) is 12.5 Å². The summed E-state index contributed by atoms with van der Waals surface area (Å²) in [5, 5.41) is 13.5. The second-order valence-electron chi connectivity index (χ2n) is 5.92. The number of aryl methyl sites for hydroxylation is 1. The molecule has 1 aromatic rings. The SMILES string of the molecule is CC(N)C(CC(=O)O)c1cn(C)nc1C(C)(C)C. The Hall–Kier alpha value is -1.36. The number of aromatic nitrogens is 2. The first-order valence-electron chi connectivity index (χ1n) is 6.14. The van der Waals surface area contributed by atoms with E-state index in [0.717, 1.165) is 11.3 Å². The predicted octanol–water partition coefficient (Wildman–Crippen LogP) is 1.62. The molecule has 1 heterocycles. The van der Waals surface area contributed by atoms with Gasteiger partial charge in [-0.15, -0.1) is 0 Å². The maximum atomic E-state index is 11.0. The molecule has 0 saturated heterocycles. The number of carboxylic acid groups (broad SMARTS) is 1. The van der Waals surface area contributed by atoms with Crippen molar-refractivity contribution < 1.29 is 9.90 Å². The van der Waals surface area contributed by atoms with E-state index in [1.54, 1.807) is 4.68 Å². The van der Waals surface area contributed by atoms with Gasteiger partial charge >= 0.3 is 5.97 Å². The van der Waals surface area contributed by atoms with Gasteiger partial charge in [0.2, 0.25) is 0 Å². The highest BCUT2D eigenvalue weighted by Gasteiger charge is 2.29. The summed E-state index contributed by atoms with van der Waals surface area (Å²) in [5.74, 6) is -1.04. The summed E-state index contributed by atoms with van der Waals surface area (Å²) in [6.07, 6.45) is 1.92. The molecule has 18 heavy (non-hydrogen) atoms. The molecule has 0 amide bonds. The van der Waals surface area contributed by atoms with E-state index in [4.69, 9.17) is 10.8 Å². The van der Waals surface area contributed by atoms with Crippen LogP contribution in [0.3, 0.4) is 0 Å². The van der Waals surface area contributed by atoms with E-state index >= 15 is 0 Å². The third-order valence-electron chi connectivity index (χ3n) is 3.00. The molecule has 0 aliphatic carbocycles. The Kier molecular flexibility index (Phi) is 4.16. The number of hydrogen-bond acceptors (Lipinski definition) is 3. The Morgan fingerprint density at radius 1 is 1.56 bits per heavy atom. The summed E-state index contributed by atoms with van der Waals surface area (Å²) in [7, 11) is 1.84. The molecule has 0 bridgehead atoms.